The molecule has 1 N–H and O–H groups in total. The normalized spacial score (nSPS) is 18.9. The Balaban J connectivity index is 1.82. The molecule has 0 radical (unpaired) electrons. The summed E-state index contributed by atoms with van der Waals surface area (Å²) < 4.78 is 7.01. The van der Waals surface area contributed by atoms with Gasteiger partial charge < -0.3 is 14.7 Å². The van der Waals surface area contributed by atoms with Crippen LogP contribution in [0.1, 0.15) is 50.6 Å². The summed E-state index contributed by atoms with van der Waals surface area (Å²) in [5.74, 6) is 0.0250. The van der Waals surface area contributed by atoms with Crippen molar-refractivity contribution in [1.82, 2.24) is 14.5 Å². The van der Waals surface area contributed by atoms with Gasteiger partial charge in [-0.05, 0) is 19.3 Å². The second-order valence-corrected chi connectivity index (χ2v) is 7.74. The number of aromatic nitrogens is 2. The number of thioether (sulfide) groups is 1. The van der Waals surface area contributed by atoms with Crippen molar-refractivity contribution < 1.29 is 14.6 Å². The first-order valence-electron chi connectivity index (χ1n) is 9.44. The molecular formula is C18H27N3O4S. The molecule has 3 rings (SSSR count). The molecule has 144 valence electrons. The molecule has 0 atom stereocenters. The number of carbonyl (C=O) groups excluding carboxylic acids is 1. The summed E-state index contributed by atoms with van der Waals surface area (Å²) in [6, 6.07) is 0.107. The van der Waals surface area contributed by atoms with Gasteiger partial charge in [-0.1, -0.05) is 37.9 Å². The van der Waals surface area contributed by atoms with Gasteiger partial charge in [0.05, 0.1) is 24.5 Å². The highest BCUT2D eigenvalue weighted by molar-refractivity contribution is 7.99. The molecule has 1 aliphatic carbocycles. The van der Waals surface area contributed by atoms with Gasteiger partial charge in [0.1, 0.15) is 0 Å². The molecule has 0 bridgehead atoms. The van der Waals surface area contributed by atoms with Crippen LogP contribution in [-0.2, 0) is 16.0 Å². The van der Waals surface area contributed by atoms with Crippen LogP contribution in [0.15, 0.2) is 9.95 Å². The predicted octanol–water partition coefficient (Wildman–Crippen LogP) is 1.97. The Morgan fingerprint density at radius 2 is 1.96 bits per heavy atom. The third kappa shape index (κ3) is 4.23. The van der Waals surface area contributed by atoms with Crippen molar-refractivity contribution in [1.29, 1.82) is 0 Å². The van der Waals surface area contributed by atoms with Crippen LogP contribution in [0.4, 0.5) is 0 Å². The highest BCUT2D eigenvalue weighted by Crippen LogP contribution is 2.31. The van der Waals surface area contributed by atoms with Crippen LogP contribution >= 0.6 is 11.8 Å². The molecule has 0 aromatic carbocycles. The van der Waals surface area contributed by atoms with Crippen LogP contribution in [0, 0.1) is 0 Å². The molecule has 1 saturated heterocycles. The Labute approximate surface area is 157 Å². The zero-order chi connectivity index (χ0) is 18.5. The van der Waals surface area contributed by atoms with Gasteiger partial charge in [-0.15, -0.1) is 0 Å². The van der Waals surface area contributed by atoms with E-state index >= 15 is 0 Å². The molecule has 1 amide bonds. The van der Waals surface area contributed by atoms with Crippen LogP contribution in [0.2, 0.25) is 0 Å². The Kier molecular flexibility index (Phi) is 6.58. The maximum Gasteiger partial charge on any atom is 0.261 e. The van der Waals surface area contributed by atoms with Gasteiger partial charge in [0.25, 0.3) is 5.56 Å². The fourth-order valence-electron chi connectivity index (χ4n) is 3.64. The number of morpholine rings is 1. The highest BCUT2D eigenvalue weighted by Gasteiger charge is 2.25. The van der Waals surface area contributed by atoms with E-state index in [-0.39, 0.29) is 29.1 Å². The minimum atomic E-state index is -0.203. The number of hydrogen-bond acceptors (Lipinski definition) is 6. The molecule has 1 aliphatic heterocycles. The summed E-state index contributed by atoms with van der Waals surface area (Å²) in [6.07, 6.45) is 5.71. The van der Waals surface area contributed by atoms with E-state index in [1.54, 1.807) is 9.47 Å². The molecule has 2 heterocycles. The molecule has 26 heavy (non-hydrogen) atoms. The maximum atomic E-state index is 12.9. The Hall–Kier alpha value is -1.54. The van der Waals surface area contributed by atoms with Gasteiger partial charge in [0.15, 0.2) is 5.16 Å². The van der Waals surface area contributed by atoms with Gasteiger partial charge in [0, 0.05) is 19.1 Å². The molecule has 2 fully saturated rings. The van der Waals surface area contributed by atoms with E-state index < -0.39 is 0 Å². The first kappa shape index (κ1) is 19.2. The fourth-order valence-corrected chi connectivity index (χ4v) is 4.60. The lowest BCUT2D eigenvalue weighted by atomic mass is 9.95. The summed E-state index contributed by atoms with van der Waals surface area (Å²) in [7, 11) is 0. The van der Waals surface area contributed by atoms with Gasteiger partial charge >= 0.3 is 0 Å². The SMILES string of the molecule is CCc1c(O)nc(SCC(=O)N2CCOCC2)n(C2CCCCC2)c1=O. The second kappa shape index (κ2) is 8.90. The number of ether oxygens (including phenoxy) is 1. The van der Waals surface area contributed by atoms with Gasteiger partial charge in [0.2, 0.25) is 11.8 Å². The van der Waals surface area contributed by atoms with Crippen LogP contribution in [0.5, 0.6) is 5.88 Å². The molecule has 8 heteroatoms. The first-order valence-corrected chi connectivity index (χ1v) is 10.4. The molecule has 1 aromatic rings. The monoisotopic (exact) mass is 381 g/mol. The van der Waals surface area contributed by atoms with Gasteiger partial charge in [-0.2, -0.15) is 4.98 Å². The average molecular weight is 381 g/mol. The third-order valence-electron chi connectivity index (χ3n) is 5.14. The van der Waals surface area contributed by atoms with Crippen molar-refractivity contribution in [3.8, 4) is 5.88 Å². The van der Waals surface area contributed by atoms with Crippen molar-refractivity contribution in [2.24, 2.45) is 0 Å². The second-order valence-electron chi connectivity index (χ2n) is 6.80. The van der Waals surface area contributed by atoms with Crippen molar-refractivity contribution in [2.45, 2.75) is 56.6 Å². The summed E-state index contributed by atoms with van der Waals surface area (Å²) in [6.45, 7) is 4.17. The van der Waals surface area contributed by atoms with E-state index in [1.165, 1.54) is 18.2 Å². The summed E-state index contributed by atoms with van der Waals surface area (Å²) >= 11 is 1.25. The fraction of sp³-hybridized carbons (Fsp3) is 0.722. The van der Waals surface area contributed by atoms with Crippen molar-refractivity contribution >= 4 is 17.7 Å². The van der Waals surface area contributed by atoms with Gasteiger partial charge in [-0.25, -0.2) is 0 Å². The summed E-state index contributed by atoms with van der Waals surface area (Å²) in [5, 5.41) is 10.6. The minimum Gasteiger partial charge on any atom is -0.493 e. The number of carbonyl (C=O) groups is 1. The Morgan fingerprint density at radius 3 is 2.62 bits per heavy atom. The minimum absolute atomic E-state index is 0.0156. The number of rotatable bonds is 5. The number of aromatic hydroxyl groups is 1. The van der Waals surface area contributed by atoms with Crippen LogP contribution in [-0.4, -0.2) is 57.5 Å². The molecule has 1 saturated carbocycles. The van der Waals surface area contributed by atoms with E-state index in [4.69, 9.17) is 4.74 Å². The quantitative estimate of drug-likeness (QED) is 0.620. The smallest absolute Gasteiger partial charge is 0.261 e. The lowest BCUT2D eigenvalue weighted by Crippen LogP contribution is -2.41. The highest BCUT2D eigenvalue weighted by atomic mass is 32.2. The predicted molar refractivity (Wildman–Crippen MR) is 99.8 cm³/mol. The molecule has 0 spiro atoms. The van der Waals surface area contributed by atoms with Crippen LogP contribution in [0.25, 0.3) is 0 Å². The zero-order valence-corrected chi connectivity index (χ0v) is 16.1. The molecule has 1 aromatic heterocycles. The average Bonchev–Trinajstić information content (AvgIpc) is 2.67. The van der Waals surface area contributed by atoms with Crippen molar-refractivity contribution in [2.75, 3.05) is 32.1 Å². The van der Waals surface area contributed by atoms with E-state index in [9.17, 15) is 14.7 Å². The largest absolute Gasteiger partial charge is 0.493 e. The van der Waals surface area contributed by atoms with Crippen LogP contribution < -0.4 is 5.56 Å². The van der Waals surface area contributed by atoms with E-state index in [0.29, 0.717) is 43.4 Å². The third-order valence-corrected chi connectivity index (χ3v) is 6.07. The number of hydrogen-bond donors (Lipinski definition) is 1. The lowest BCUT2D eigenvalue weighted by molar-refractivity contribution is -0.132. The zero-order valence-electron chi connectivity index (χ0n) is 15.3. The molecule has 2 aliphatic rings. The van der Waals surface area contributed by atoms with E-state index in [2.05, 4.69) is 4.98 Å². The van der Waals surface area contributed by atoms with E-state index in [1.807, 2.05) is 6.92 Å². The Morgan fingerprint density at radius 1 is 1.27 bits per heavy atom. The lowest BCUT2D eigenvalue weighted by Gasteiger charge is -2.28. The summed E-state index contributed by atoms with van der Waals surface area (Å²) in [4.78, 5) is 31.4. The molecule has 7 nitrogen and oxygen atoms in total. The van der Waals surface area contributed by atoms with E-state index in [0.717, 1.165) is 25.7 Å². The molecular weight excluding hydrogens is 354 g/mol. The standard InChI is InChI=1S/C18H27N3O4S/c1-2-14-16(23)19-18(21(17(14)24)13-6-4-3-5-7-13)26-12-15(22)20-8-10-25-11-9-20/h13,23H,2-12H2,1H3. The van der Waals surface area contributed by atoms with Crippen LogP contribution in [0.3, 0.4) is 0 Å². The van der Waals surface area contributed by atoms with Gasteiger partial charge in [-0.3, -0.25) is 14.2 Å². The van der Waals surface area contributed by atoms with Crippen molar-refractivity contribution in [3.63, 3.8) is 0 Å². The first-order chi connectivity index (χ1) is 12.6. The number of nitrogens with zero attached hydrogens (tertiary/aromatic N) is 3. The summed E-state index contributed by atoms with van der Waals surface area (Å²) in [5.41, 5.74) is 0.202. The topological polar surface area (TPSA) is 84.7 Å². The molecule has 0 unspecified atom stereocenters. The van der Waals surface area contributed by atoms with Crippen molar-refractivity contribution in [3.05, 3.63) is 15.9 Å². The number of amides is 1. The maximum absolute atomic E-state index is 12.9. The Bertz CT molecular complexity index is 694.